The molecule has 0 unspecified atom stereocenters. The molecule has 0 fully saturated rings. The van der Waals surface area contributed by atoms with E-state index < -0.39 is 0 Å². The minimum atomic E-state index is 0.298. The van der Waals surface area contributed by atoms with Crippen LogP contribution in [0.4, 0.5) is 0 Å². The van der Waals surface area contributed by atoms with Crippen molar-refractivity contribution >= 4 is 13.6 Å². The second kappa shape index (κ2) is 15.8. The van der Waals surface area contributed by atoms with Gasteiger partial charge in [-0.15, -0.1) is 0 Å². The topological polar surface area (TPSA) is 18.5 Å². The monoisotopic (exact) mass is 244 g/mol. The summed E-state index contributed by atoms with van der Waals surface area (Å²) in [5, 5.41) is 0. The van der Waals surface area contributed by atoms with E-state index in [9.17, 15) is 0 Å². The molecule has 0 spiro atoms. The van der Waals surface area contributed by atoms with Gasteiger partial charge in [-0.05, 0) is 0 Å². The van der Waals surface area contributed by atoms with Gasteiger partial charge in [0.1, 0.15) is 0 Å². The summed E-state index contributed by atoms with van der Waals surface area (Å²) in [5.74, 6) is 0. The summed E-state index contributed by atoms with van der Waals surface area (Å²) >= 11 is 4.25. The third kappa shape index (κ3) is 17.7. The van der Waals surface area contributed by atoms with Crippen LogP contribution in [0.1, 0.15) is 0 Å². The zero-order valence-electron chi connectivity index (χ0n) is 5.47. The molecular weight excluding hydrogens is 237 g/mol. The van der Waals surface area contributed by atoms with Crippen LogP contribution in [-0.2, 0) is 25.8 Å². The zero-order chi connectivity index (χ0) is 7.54. The van der Waals surface area contributed by atoms with Gasteiger partial charge in [-0.1, -0.05) is 6.26 Å². The molecule has 0 N–H and O–H groups in total. The Balaban J connectivity index is 0. The van der Waals surface area contributed by atoms with E-state index in [4.69, 9.17) is 0 Å². The molecule has 9 heavy (non-hydrogen) atoms. The summed E-state index contributed by atoms with van der Waals surface area (Å²) in [7, 11) is 1.57. The molecule has 0 aliphatic rings. The van der Waals surface area contributed by atoms with Gasteiger partial charge in [0.25, 0.3) is 0 Å². The SMILES string of the molecule is [CH2-]/C=C\OCOC.[Zn+][Br]. The Bertz CT molecular complexity index is 58.9. The van der Waals surface area contributed by atoms with Gasteiger partial charge in [0.05, 0.1) is 0 Å². The van der Waals surface area contributed by atoms with E-state index in [-0.39, 0.29) is 0 Å². The molecular formula is C5H9BrO2Zn. The zero-order valence-corrected chi connectivity index (χ0v) is 10.0. The Hall–Kier alpha value is 0.473. The predicted molar refractivity (Wildman–Crippen MR) is 36.4 cm³/mol. The van der Waals surface area contributed by atoms with Crippen LogP contribution >= 0.6 is 13.6 Å². The number of halogens is 1. The molecule has 0 rings (SSSR count). The van der Waals surface area contributed by atoms with Crippen LogP contribution in [0, 0.1) is 6.92 Å². The number of methoxy groups -OCH3 is 1. The Morgan fingerprint density at radius 3 is 2.56 bits per heavy atom. The molecule has 0 aromatic rings. The normalized spacial score (nSPS) is 8.44. The van der Waals surface area contributed by atoms with E-state index in [1.165, 1.54) is 22.6 Å². The second-order valence-corrected chi connectivity index (χ2v) is 0.945. The quantitative estimate of drug-likeness (QED) is 0.248. The molecule has 4 heteroatoms. The molecule has 0 atom stereocenters. The van der Waals surface area contributed by atoms with Gasteiger partial charge in [0, 0.05) is 7.11 Å². The molecule has 0 saturated heterocycles. The van der Waals surface area contributed by atoms with E-state index in [2.05, 4.69) is 30.0 Å². The number of hydrogen-bond acceptors (Lipinski definition) is 2. The fourth-order valence-corrected chi connectivity index (χ4v) is 0.175. The van der Waals surface area contributed by atoms with Crippen LogP contribution in [0.25, 0.3) is 0 Å². The van der Waals surface area contributed by atoms with Crippen molar-refractivity contribution in [1.82, 2.24) is 0 Å². The summed E-state index contributed by atoms with van der Waals surface area (Å²) in [6.07, 6.45) is 3.03. The Labute approximate surface area is 72.6 Å². The summed E-state index contributed by atoms with van der Waals surface area (Å²) in [4.78, 5) is 0. The number of hydrogen-bond donors (Lipinski definition) is 0. The summed E-state index contributed by atoms with van der Waals surface area (Å²) in [5.41, 5.74) is 0. The molecule has 0 aromatic carbocycles. The van der Waals surface area contributed by atoms with Crippen LogP contribution in [0.2, 0.25) is 0 Å². The minimum absolute atomic E-state index is 0.298. The molecule has 2 nitrogen and oxygen atoms in total. The van der Waals surface area contributed by atoms with Crippen molar-refractivity contribution in [3.8, 4) is 0 Å². The van der Waals surface area contributed by atoms with Gasteiger partial charge >= 0.3 is 30.0 Å². The van der Waals surface area contributed by atoms with Crippen LogP contribution in [0.5, 0.6) is 0 Å². The van der Waals surface area contributed by atoms with Crippen LogP contribution in [0.3, 0.4) is 0 Å². The number of allylic oxidation sites excluding steroid dienone is 1. The van der Waals surface area contributed by atoms with Gasteiger partial charge in [-0.2, -0.15) is 6.08 Å². The van der Waals surface area contributed by atoms with Crippen molar-refractivity contribution in [1.29, 1.82) is 0 Å². The molecule has 0 aliphatic heterocycles. The average molecular weight is 246 g/mol. The standard InChI is InChI=1S/C5H9O2.BrH.Zn/c1-3-4-7-5-6-2;;/h3-4H,1,5H2,2H3;1H;/q-1;;+2/p-1/b4-3-;;. The number of rotatable bonds is 3. The Morgan fingerprint density at radius 1 is 1.67 bits per heavy atom. The summed E-state index contributed by atoms with van der Waals surface area (Å²) in [6, 6.07) is 0. The predicted octanol–water partition coefficient (Wildman–Crippen LogP) is 1.80. The first kappa shape index (κ1) is 12.2. The maximum absolute atomic E-state index is 4.67. The maximum atomic E-state index is 4.67. The fraction of sp³-hybridized carbons (Fsp3) is 0.400. The third-order valence-corrected chi connectivity index (χ3v) is 0.378. The molecule has 0 radical (unpaired) electrons. The molecule has 0 aliphatic carbocycles. The van der Waals surface area contributed by atoms with Crippen molar-refractivity contribution in [2.75, 3.05) is 13.9 Å². The third-order valence-electron chi connectivity index (χ3n) is 0.378. The molecule has 0 aromatic heterocycles. The van der Waals surface area contributed by atoms with Gasteiger partial charge in [-0.25, -0.2) is 6.92 Å². The Morgan fingerprint density at radius 2 is 2.22 bits per heavy atom. The van der Waals surface area contributed by atoms with E-state index in [1.54, 1.807) is 13.2 Å². The average Bonchev–Trinajstić information content (AvgIpc) is 1.94. The Kier molecular flexibility index (Phi) is 21.4. The molecule has 0 heterocycles. The van der Waals surface area contributed by atoms with Crippen molar-refractivity contribution < 1.29 is 25.8 Å². The van der Waals surface area contributed by atoms with Gasteiger partial charge < -0.3 is 9.47 Å². The second-order valence-electron chi connectivity index (χ2n) is 0.945. The molecule has 0 saturated carbocycles. The fourth-order valence-electron chi connectivity index (χ4n) is 0.175. The number of ether oxygens (including phenoxy) is 2. The first-order valence-corrected chi connectivity index (χ1v) is 9.18. The van der Waals surface area contributed by atoms with E-state index in [0.717, 1.165) is 0 Å². The molecule has 0 amide bonds. The van der Waals surface area contributed by atoms with Crippen molar-refractivity contribution in [3.05, 3.63) is 19.3 Å². The van der Waals surface area contributed by atoms with E-state index in [1.807, 2.05) is 0 Å². The van der Waals surface area contributed by atoms with Crippen LogP contribution in [0.15, 0.2) is 12.3 Å². The first-order chi connectivity index (χ1) is 4.41. The van der Waals surface area contributed by atoms with Gasteiger partial charge in [0.2, 0.25) is 0 Å². The summed E-state index contributed by atoms with van der Waals surface area (Å²) in [6.45, 7) is 3.69. The first-order valence-electron chi connectivity index (χ1n) is 2.23. The van der Waals surface area contributed by atoms with Crippen LogP contribution in [-0.4, -0.2) is 13.9 Å². The van der Waals surface area contributed by atoms with Crippen molar-refractivity contribution in [3.63, 3.8) is 0 Å². The van der Waals surface area contributed by atoms with E-state index in [0.29, 0.717) is 6.79 Å². The summed E-state index contributed by atoms with van der Waals surface area (Å²) < 4.78 is 9.21. The van der Waals surface area contributed by atoms with Gasteiger partial charge in [0.15, 0.2) is 6.79 Å². The van der Waals surface area contributed by atoms with E-state index >= 15 is 0 Å². The van der Waals surface area contributed by atoms with Gasteiger partial charge in [-0.3, -0.25) is 0 Å². The van der Waals surface area contributed by atoms with Crippen molar-refractivity contribution in [2.24, 2.45) is 0 Å². The molecule has 50 valence electrons. The van der Waals surface area contributed by atoms with Crippen LogP contribution < -0.4 is 0 Å². The van der Waals surface area contributed by atoms with Crippen molar-refractivity contribution in [2.45, 2.75) is 0 Å². The molecule has 0 bridgehead atoms.